The summed E-state index contributed by atoms with van der Waals surface area (Å²) in [6, 6.07) is 16.2. The minimum atomic E-state index is 0.159. The second-order valence-corrected chi connectivity index (χ2v) is 20.2. The molecule has 0 aromatic carbocycles. The number of hydrogen-bond donors (Lipinski definition) is 0. The third-order valence-corrected chi connectivity index (χ3v) is 12.9. The van der Waals surface area contributed by atoms with Crippen LogP contribution in [-0.2, 0) is 9.59 Å². The molecule has 0 amide bonds. The fraction of sp³-hybridized carbons (Fsp3) is 0.188. The molecule has 4 aromatic heterocycles. The van der Waals surface area contributed by atoms with Gasteiger partial charge in [0.1, 0.15) is 0 Å². The predicted octanol–water partition coefficient (Wildman–Crippen LogP) is 10.6. The first-order chi connectivity index (χ1) is 21.0. The van der Waals surface area contributed by atoms with Crippen LogP contribution in [-0.4, -0.2) is 61.6 Å². The van der Waals surface area contributed by atoms with E-state index in [0.29, 0.717) is 26.2 Å². The van der Waals surface area contributed by atoms with E-state index in [4.69, 9.17) is 0 Å². The van der Waals surface area contributed by atoms with Crippen LogP contribution >= 0.6 is 109 Å². The summed E-state index contributed by atoms with van der Waals surface area (Å²) >= 11 is 20.4. The Morgan fingerprint density at radius 2 is 0.705 bits per heavy atom. The quantitative estimate of drug-likeness (QED) is 0.191. The molecule has 0 spiro atoms. The lowest BCUT2D eigenvalue weighted by molar-refractivity contribution is -0.114. The van der Waals surface area contributed by atoms with Gasteiger partial charge >= 0.3 is 0 Å². The summed E-state index contributed by atoms with van der Waals surface area (Å²) in [5, 5.41) is 0. The second kappa shape index (κ2) is 15.7. The maximum atomic E-state index is 12.7. The molecule has 0 N–H and O–H groups in total. The largest absolute Gasteiger partial charge is 0.298 e. The van der Waals surface area contributed by atoms with E-state index >= 15 is 0 Å². The average Bonchev–Trinajstić information content (AvgIpc) is 3.76. The summed E-state index contributed by atoms with van der Waals surface area (Å²) in [5.41, 5.74) is 3.41. The van der Waals surface area contributed by atoms with Crippen LogP contribution < -0.4 is 0 Å². The summed E-state index contributed by atoms with van der Waals surface area (Å²) < 4.78 is 4.32. The Labute approximate surface area is 307 Å². The fourth-order valence-electron chi connectivity index (χ4n) is 4.73. The molecule has 44 heavy (non-hydrogen) atoms. The van der Waals surface area contributed by atoms with Crippen molar-refractivity contribution in [3.63, 3.8) is 0 Å². The summed E-state index contributed by atoms with van der Waals surface area (Å²) in [4.78, 5) is 34.2. The second-order valence-electron chi connectivity index (χ2n) is 10.2. The Hall–Kier alpha value is -1.06. The first kappa shape index (κ1) is 34.3. The lowest BCUT2D eigenvalue weighted by atomic mass is 9.97. The molecule has 0 saturated carbocycles. The molecule has 4 aromatic rings. The number of thiophene rings is 4. The Kier molecular flexibility index (Phi) is 12.2. The SMILES string of the molecule is CN1C/C(=C\c2ccc(Br)s2)C(=O)/C(=C/c2ccc(Br)s2)C1.CN1C/C(=C\c2ccc(Br)s2)C(=O)/C(=C/c2ccc(Br)s2)C1. The summed E-state index contributed by atoms with van der Waals surface area (Å²) in [6.45, 7) is 2.78. The first-order valence-corrected chi connectivity index (χ1v) is 19.8. The number of nitrogens with zero attached hydrogens (tertiary/aromatic N) is 2. The lowest BCUT2D eigenvalue weighted by Crippen LogP contribution is -2.34. The van der Waals surface area contributed by atoms with Gasteiger partial charge in [0.2, 0.25) is 0 Å². The monoisotopic (exact) mass is 914 g/mol. The van der Waals surface area contributed by atoms with Crippen LogP contribution in [0.2, 0.25) is 0 Å². The highest BCUT2D eigenvalue weighted by molar-refractivity contribution is 9.11. The van der Waals surface area contributed by atoms with Crippen LogP contribution in [0.25, 0.3) is 24.3 Å². The Morgan fingerprint density at radius 1 is 0.477 bits per heavy atom. The Morgan fingerprint density at radius 3 is 0.886 bits per heavy atom. The molecule has 0 radical (unpaired) electrons. The van der Waals surface area contributed by atoms with Gasteiger partial charge in [0, 0.05) is 68.0 Å². The van der Waals surface area contributed by atoms with Gasteiger partial charge in [-0.25, -0.2) is 0 Å². The average molecular weight is 918 g/mol. The summed E-state index contributed by atoms with van der Waals surface area (Å²) in [5.74, 6) is 0.319. The predicted molar refractivity (Wildman–Crippen MR) is 205 cm³/mol. The standard InChI is InChI=1S/2C16H13Br2NOS2/c2*1-19-8-10(6-12-2-4-14(17)21-12)16(20)11(9-19)7-13-3-5-15(18)22-13/h2*2-7H,8-9H2,1H3/b2*10-6+,11-7+. The molecule has 0 aliphatic carbocycles. The van der Waals surface area contributed by atoms with E-state index in [2.05, 4.69) is 73.5 Å². The van der Waals surface area contributed by atoms with E-state index < -0.39 is 0 Å². The van der Waals surface area contributed by atoms with Crippen LogP contribution in [0.3, 0.4) is 0 Å². The Balaban J connectivity index is 0.000000175. The fourth-order valence-corrected chi connectivity index (χ4v) is 10.3. The minimum Gasteiger partial charge on any atom is -0.298 e. The molecule has 228 valence electrons. The molecule has 4 nitrogen and oxygen atoms in total. The number of likely N-dealkylation sites (N-methyl/N-ethyl adjacent to an activating group) is 2. The molecule has 12 heteroatoms. The maximum Gasteiger partial charge on any atom is 0.187 e. The van der Waals surface area contributed by atoms with Crippen molar-refractivity contribution >= 4 is 145 Å². The highest BCUT2D eigenvalue weighted by Crippen LogP contribution is 2.30. The highest BCUT2D eigenvalue weighted by atomic mass is 79.9. The molecule has 6 heterocycles. The van der Waals surface area contributed by atoms with Crippen LogP contribution in [0, 0.1) is 0 Å². The van der Waals surface area contributed by atoms with Gasteiger partial charge in [-0.05, 0) is 151 Å². The van der Waals surface area contributed by atoms with Gasteiger partial charge in [-0.1, -0.05) is 0 Å². The van der Waals surface area contributed by atoms with Crippen molar-refractivity contribution in [2.75, 3.05) is 40.3 Å². The summed E-state index contributed by atoms with van der Waals surface area (Å²) in [6.07, 6.45) is 8.02. The van der Waals surface area contributed by atoms with Crippen LogP contribution in [0.4, 0.5) is 0 Å². The number of halogens is 4. The van der Waals surface area contributed by atoms with Crippen molar-refractivity contribution < 1.29 is 9.59 Å². The number of carbonyl (C=O) groups is 2. The van der Waals surface area contributed by atoms with E-state index in [-0.39, 0.29) is 11.6 Å². The number of piperidine rings is 2. The molecule has 0 unspecified atom stereocenters. The summed E-state index contributed by atoms with van der Waals surface area (Å²) in [7, 11) is 4.09. The molecule has 2 aliphatic rings. The Bertz CT molecular complexity index is 1550. The molecular weight excluding hydrogens is 892 g/mol. The van der Waals surface area contributed by atoms with Gasteiger partial charge in [0.25, 0.3) is 0 Å². The van der Waals surface area contributed by atoms with E-state index in [9.17, 15) is 9.59 Å². The molecule has 2 saturated heterocycles. The molecule has 6 rings (SSSR count). The van der Waals surface area contributed by atoms with Crippen molar-refractivity contribution in [2.24, 2.45) is 0 Å². The number of carbonyl (C=O) groups excluding carboxylic acids is 2. The van der Waals surface area contributed by atoms with Crippen molar-refractivity contribution in [1.29, 1.82) is 0 Å². The zero-order valence-corrected chi connectivity index (χ0v) is 33.2. The van der Waals surface area contributed by atoms with Crippen LogP contribution in [0.5, 0.6) is 0 Å². The van der Waals surface area contributed by atoms with Gasteiger partial charge in [-0.2, -0.15) is 0 Å². The third-order valence-electron chi connectivity index (χ3n) is 6.57. The number of hydrogen-bond acceptors (Lipinski definition) is 8. The topological polar surface area (TPSA) is 40.6 Å². The number of ketones is 2. The van der Waals surface area contributed by atoms with Gasteiger partial charge in [-0.15, -0.1) is 45.3 Å². The van der Waals surface area contributed by atoms with Crippen LogP contribution in [0.15, 0.2) is 86.0 Å². The smallest absolute Gasteiger partial charge is 0.187 e. The van der Waals surface area contributed by atoms with E-state index in [1.54, 1.807) is 45.3 Å². The van der Waals surface area contributed by atoms with Gasteiger partial charge < -0.3 is 0 Å². The van der Waals surface area contributed by atoms with Crippen molar-refractivity contribution in [1.82, 2.24) is 9.80 Å². The third kappa shape index (κ3) is 9.49. The molecule has 2 fully saturated rings. The minimum absolute atomic E-state index is 0.159. The zero-order chi connectivity index (χ0) is 31.4. The number of likely N-dealkylation sites (tertiary alicyclic amines) is 2. The highest BCUT2D eigenvalue weighted by Gasteiger charge is 2.25. The van der Waals surface area contributed by atoms with Crippen LogP contribution in [0.1, 0.15) is 19.5 Å². The molecular formula is C32H26Br4N2O2S4. The van der Waals surface area contributed by atoms with E-state index in [1.807, 2.05) is 86.9 Å². The van der Waals surface area contributed by atoms with Gasteiger partial charge in [-0.3, -0.25) is 19.4 Å². The zero-order valence-electron chi connectivity index (χ0n) is 23.6. The van der Waals surface area contributed by atoms with Gasteiger partial charge in [0.15, 0.2) is 11.6 Å². The number of rotatable bonds is 4. The first-order valence-electron chi connectivity index (χ1n) is 13.3. The maximum absolute atomic E-state index is 12.7. The van der Waals surface area contributed by atoms with Crippen molar-refractivity contribution in [2.45, 2.75) is 0 Å². The van der Waals surface area contributed by atoms with Crippen molar-refractivity contribution in [3.8, 4) is 0 Å². The van der Waals surface area contributed by atoms with Crippen molar-refractivity contribution in [3.05, 3.63) is 105 Å². The molecule has 2 aliphatic heterocycles. The van der Waals surface area contributed by atoms with E-state index in [0.717, 1.165) is 56.9 Å². The normalized spacial score (nSPS) is 20.2. The molecule has 0 bridgehead atoms. The number of Topliss-reactive ketones (excluding diaryl/α,β-unsaturated/α-hetero) is 2. The van der Waals surface area contributed by atoms with Gasteiger partial charge in [0.05, 0.1) is 15.1 Å². The van der Waals surface area contributed by atoms with E-state index in [1.165, 1.54) is 0 Å². The lowest BCUT2D eigenvalue weighted by Gasteiger charge is -2.25. The molecule has 0 atom stereocenters.